The van der Waals surface area contributed by atoms with Gasteiger partial charge in [0, 0.05) is 116 Å². The van der Waals surface area contributed by atoms with E-state index in [9.17, 15) is 92.3 Å². The van der Waals surface area contributed by atoms with E-state index in [-0.39, 0.29) is 103 Å². The number of methoxy groups -OCH3 is 3. The van der Waals surface area contributed by atoms with Gasteiger partial charge in [-0.2, -0.15) is 0 Å². The number of nitrogens with one attached hydrogen (secondary N) is 13. The van der Waals surface area contributed by atoms with Crippen molar-refractivity contribution in [3.63, 3.8) is 0 Å². The molecule has 1 amide bonds. The molecule has 23 atom stereocenters. The maximum Gasteiger partial charge on any atom is 0.326 e. The van der Waals surface area contributed by atoms with E-state index in [1.165, 1.54) is 79.7 Å². The molecule has 10 aromatic heterocycles. The van der Waals surface area contributed by atoms with Gasteiger partial charge in [-0.25, -0.2) is 47.3 Å². The smallest absolute Gasteiger partial charge is 0.326 e. The lowest BCUT2D eigenvalue weighted by atomic mass is 9.94. The highest BCUT2D eigenvalue weighted by molar-refractivity contribution is 6.00. The number of aliphatic hydroxyl groups is 10. The number of nitrogens with zero attached hydrogens (tertiary/aromatic N) is 6. The lowest BCUT2D eigenvalue weighted by molar-refractivity contribution is -0.149. The number of aromatic amines is 8. The number of alkyl halides is 4. The molecule has 46 heteroatoms. The summed E-state index contributed by atoms with van der Waals surface area (Å²) in [6.07, 6.45) is 9.57. The van der Waals surface area contributed by atoms with Crippen LogP contribution in [0.3, 0.4) is 0 Å². The van der Waals surface area contributed by atoms with Crippen molar-refractivity contribution in [2.45, 2.75) is 232 Å². The molecule has 1 saturated carbocycles. The molecule has 1 aliphatic carbocycles. The number of aliphatic hydroxyl groups excluding tert-OH is 10. The van der Waals surface area contributed by atoms with E-state index in [0.29, 0.717) is 73.2 Å². The topological polar surface area (TPSA) is 640 Å². The standard InChI is InChI=1S/C28H29N3O4.C12H16N4O4.3C12H16N4O3.C7H12F2O3.C6H10F2O3/c1-18-7-9-19(10-8-18)15-24(28(33)34)30-27(32)20-11-12-25-23(16-20)29-26(21-13-14-35-17-21)31(25)22-5-3-2-4-6-22;1-20-11-8(16-6(3-17)10(11)18)5-2-13-9-7(5)14-4-15-12(9)19;1-5-8(16-7(3-17)11(5)18)6-2-13-10-9(6)14-4-15-12(10)19;1-5-7(3-17)16-9(11(5)18)6-2-13-10-8(6)14-4-15-12(10)19;1-2-6-10(17)11(18)8(16-6)5-3-13-9-7(5)14-4-15-12(9)19;1-4-7(8,9)6(10)5(12-4)3-11-2;1-3-6(7,8)4(9)5(10-2)11-3/h7-14,16-17,22,24H,2-6,15H2,1H3,(H,30,32)(H,33,34);2,4,6,8,10-11,13,16-18H,3H2,1H3,(H,14,15,19);2,4-5,7-8,11,13,16-18H,3H2,1H3,(H,14,15,19);2,4-5,7,9,11,13,16-18H,3H2,1H3,(H,14,15,19);3-4,6,8,10-11,13,16-18H,2H2,1H3,(H,14,15,19);4-6,10H,3H2,1-2H3;3-5,9H,1-2H3/t;6-,8+,10-,11+;5-,7+,8+,11-;5-,7-,9+,11-;6-,8+,10-,11+;;/m.1011../s1. The molecule has 24 N–H and O–H groups in total. The molecule has 2 aromatic carbocycles. The van der Waals surface area contributed by atoms with Gasteiger partial charge in [0.1, 0.15) is 98.9 Å². The van der Waals surface area contributed by atoms with Crippen LogP contribution in [0.2, 0.25) is 0 Å². The lowest BCUT2D eigenvalue weighted by Gasteiger charge is -2.25. The second-order valence-electron chi connectivity index (χ2n) is 34.4. The van der Waals surface area contributed by atoms with Crippen LogP contribution in [0.5, 0.6) is 0 Å². The molecule has 16 heterocycles. The second kappa shape index (κ2) is 43.8. The maximum absolute atomic E-state index is 13.0. The fraction of sp³-hybridized carbons (Fsp3) is 0.517. The number of aliphatic carboxylic acids is 1. The molecule has 7 unspecified atom stereocenters. The highest BCUT2D eigenvalue weighted by Gasteiger charge is 2.58. The van der Waals surface area contributed by atoms with Gasteiger partial charge < -0.3 is 155 Å². The Balaban J connectivity index is 0.000000138. The Morgan fingerprint density at radius 1 is 0.556 bits per heavy atom. The van der Waals surface area contributed by atoms with Crippen molar-refractivity contribution in [2.24, 2.45) is 11.8 Å². The van der Waals surface area contributed by atoms with Gasteiger partial charge in [0.2, 0.25) is 0 Å². The Morgan fingerprint density at radius 3 is 1.47 bits per heavy atom. The summed E-state index contributed by atoms with van der Waals surface area (Å²) in [4.78, 5) is 114. The number of carboxylic acid groups (broad SMARTS) is 1. The Bertz CT molecular complexity index is 5930. The van der Waals surface area contributed by atoms with Crippen molar-refractivity contribution in [3.05, 3.63) is 192 Å². The van der Waals surface area contributed by atoms with Crippen LogP contribution in [0.25, 0.3) is 66.6 Å². The summed E-state index contributed by atoms with van der Waals surface area (Å²) >= 11 is 0. The van der Waals surface area contributed by atoms with Gasteiger partial charge in [-0.05, 0) is 69.9 Å². The number of rotatable bonds is 19. The number of H-pyrrole nitrogens is 8. The number of carbonyl (C=O) groups is 2. The van der Waals surface area contributed by atoms with Crippen LogP contribution < -0.4 is 48.8 Å². The molecule has 0 bridgehead atoms. The van der Waals surface area contributed by atoms with Gasteiger partial charge in [0.05, 0.1) is 129 Å². The van der Waals surface area contributed by atoms with E-state index >= 15 is 0 Å². The first-order valence-corrected chi connectivity index (χ1v) is 44.1. The molecule has 6 saturated heterocycles. The fourth-order valence-electron chi connectivity index (χ4n) is 18.1. The predicted molar refractivity (Wildman–Crippen MR) is 479 cm³/mol. The Hall–Kier alpha value is -11.2. The summed E-state index contributed by atoms with van der Waals surface area (Å²) in [7, 11) is 4.08. The summed E-state index contributed by atoms with van der Waals surface area (Å²) in [5.41, 5.74) is 10.7. The first-order valence-electron chi connectivity index (χ1n) is 44.1. The van der Waals surface area contributed by atoms with Gasteiger partial charge in [-0.15, -0.1) is 0 Å². The van der Waals surface area contributed by atoms with Crippen LogP contribution in [0.4, 0.5) is 17.6 Å². The van der Waals surface area contributed by atoms with Crippen molar-refractivity contribution in [2.75, 3.05) is 47.8 Å². The minimum Gasteiger partial charge on any atom is -0.480 e. The predicted octanol–water partition coefficient (Wildman–Crippen LogP) is 2.86. The van der Waals surface area contributed by atoms with Gasteiger partial charge >= 0.3 is 17.8 Å². The van der Waals surface area contributed by atoms with Crippen LogP contribution in [0.1, 0.15) is 147 Å². The highest BCUT2D eigenvalue weighted by Crippen LogP contribution is 2.42. The minimum atomic E-state index is -3.21. The molecule has 732 valence electrons. The third-order valence-corrected chi connectivity index (χ3v) is 26.0. The Morgan fingerprint density at radius 2 is 1.04 bits per heavy atom. The number of imidazole rings is 1. The van der Waals surface area contributed by atoms with Gasteiger partial charge in [-0.3, -0.25) is 24.0 Å². The summed E-state index contributed by atoms with van der Waals surface area (Å²) in [5, 5.41) is 121. The van der Waals surface area contributed by atoms with Crippen molar-refractivity contribution >= 4 is 67.0 Å². The fourth-order valence-corrected chi connectivity index (χ4v) is 18.1. The van der Waals surface area contributed by atoms with E-state index in [0.717, 1.165) is 57.6 Å². The molecule has 6 aliphatic heterocycles. The van der Waals surface area contributed by atoms with Crippen molar-refractivity contribution in [1.29, 1.82) is 0 Å². The number of hydrogen-bond donors (Lipinski definition) is 24. The maximum atomic E-state index is 13.0. The van der Waals surface area contributed by atoms with Crippen LogP contribution in [-0.4, -0.2) is 301 Å². The third kappa shape index (κ3) is 21.3. The average Bonchev–Trinajstić information content (AvgIpc) is 1.61. The molecule has 7 fully saturated rings. The first-order chi connectivity index (χ1) is 64.5. The number of fused-ring (bicyclic) bond motifs is 5. The largest absolute Gasteiger partial charge is 0.480 e. The number of benzene rings is 2. The van der Waals surface area contributed by atoms with Crippen molar-refractivity contribution in [3.8, 4) is 11.4 Å². The molecular weight excluding hydrogens is 1780 g/mol. The zero-order valence-electron chi connectivity index (χ0n) is 75.0. The molecule has 42 nitrogen and oxygen atoms in total. The van der Waals surface area contributed by atoms with Gasteiger partial charge in [0.25, 0.3) is 28.1 Å². The van der Waals surface area contributed by atoms with Gasteiger partial charge in [0.15, 0.2) is 12.4 Å². The van der Waals surface area contributed by atoms with Crippen LogP contribution in [0, 0.1) is 18.8 Å². The number of hydrogen-bond acceptors (Lipinski definition) is 31. The first kappa shape index (κ1) is 101. The average molecular weight is 1900 g/mol. The quantitative estimate of drug-likeness (QED) is 0.0517. The summed E-state index contributed by atoms with van der Waals surface area (Å²) in [6.45, 7) is 9.76. The van der Waals surface area contributed by atoms with Gasteiger partial charge in [-0.1, -0.05) is 69.9 Å². The molecular formula is C89H115F4N19O23. The third-order valence-electron chi connectivity index (χ3n) is 26.0. The number of halogens is 4. The van der Waals surface area contributed by atoms with Crippen molar-refractivity contribution in [1.82, 2.24) is 95.9 Å². The molecule has 19 rings (SSSR count). The minimum absolute atomic E-state index is 0.0128. The number of carboxylic acids is 1. The van der Waals surface area contributed by atoms with E-state index in [4.69, 9.17) is 29.1 Å². The number of furan rings is 1. The Kier molecular flexibility index (Phi) is 32.9. The van der Waals surface area contributed by atoms with Crippen LogP contribution >= 0.6 is 0 Å². The number of aromatic nitrogens is 14. The molecule has 12 aromatic rings. The van der Waals surface area contributed by atoms with E-state index < -0.39 is 115 Å². The summed E-state index contributed by atoms with van der Waals surface area (Å²) in [6, 6.07) is 11.9. The number of carbonyl (C=O) groups excluding carboxylic acids is 1. The molecule has 135 heavy (non-hydrogen) atoms. The normalized spacial score (nSPS) is 28.6. The van der Waals surface area contributed by atoms with Crippen LogP contribution in [-0.2, 0) is 34.9 Å². The van der Waals surface area contributed by atoms with Crippen LogP contribution in [0.15, 0.2) is 135 Å². The highest BCUT2D eigenvalue weighted by atomic mass is 19.3. The summed E-state index contributed by atoms with van der Waals surface area (Å²) in [5.74, 6) is -7.17. The molecule has 7 aliphatic rings. The zero-order valence-corrected chi connectivity index (χ0v) is 75.0. The molecule has 0 spiro atoms. The SMILES string of the molecule is CC[C@H]1N[C@@H](c2c[nH]c3c(=O)[nH]cnc23)[C@H](O)[C@@H]1O.COC1OC(C)C(F)(F)C1O.COCC1OC(C)C(F)(F)C1O.CO[C@@H]1[C@H](O)[C@@H](CO)N[C@H]1c1c[nH]c2c(=O)[nH]cnc12.C[C@@H]1[C@H](O)[C@@H](CO)N[C@H]1c1c[nH]c2c(=O)[nH]cnc12.C[C@H]1[C@@H](O)[C@H](c2c[nH]c3c(=O)[nH]cnc23)N[C@@H]1CO.Cc1ccc(CC(NC(=O)c2ccc3c(c2)nc(-c2ccoc2)n3C2CCCCC2)C(=O)O)cc1. The lowest BCUT2D eigenvalue weighted by Crippen LogP contribution is -2.42. The second-order valence-corrected chi connectivity index (χ2v) is 34.4. The number of amides is 1. The zero-order chi connectivity index (χ0) is 97.3. The molecule has 0 radical (unpaired) electrons. The van der Waals surface area contributed by atoms with E-state index in [2.05, 4.69) is 105 Å². The number of ether oxygens (including phenoxy) is 5. The van der Waals surface area contributed by atoms with E-state index in [1.807, 2.05) is 64.1 Å². The van der Waals surface area contributed by atoms with Crippen molar-refractivity contribution < 1.29 is 111 Å². The monoisotopic (exact) mass is 1890 g/mol. The van der Waals surface area contributed by atoms with E-state index in [1.54, 1.807) is 49.4 Å². The Labute approximate surface area is 765 Å². The summed E-state index contributed by atoms with van der Waals surface area (Å²) < 4.78 is 82.6. The number of aryl methyl sites for hydroxylation is 1.